The highest BCUT2D eigenvalue weighted by molar-refractivity contribution is 5.76. The van der Waals surface area contributed by atoms with Crippen LogP contribution in [0, 0.1) is 0 Å². The van der Waals surface area contributed by atoms with E-state index in [1.165, 1.54) is 0 Å². The highest BCUT2D eigenvalue weighted by atomic mass is 16.6. The lowest BCUT2D eigenvalue weighted by molar-refractivity contribution is 0.336. The maximum absolute atomic E-state index is 5.59. The Kier molecular flexibility index (Phi) is 4.30. The highest BCUT2D eigenvalue weighted by Crippen LogP contribution is 2.31. The van der Waals surface area contributed by atoms with Crippen molar-refractivity contribution in [1.82, 2.24) is 14.4 Å². The zero-order valence-electron chi connectivity index (χ0n) is 14.3. The van der Waals surface area contributed by atoms with Crippen molar-refractivity contribution >= 4 is 22.8 Å². The fourth-order valence-corrected chi connectivity index (χ4v) is 2.87. The summed E-state index contributed by atoms with van der Waals surface area (Å²) in [6.07, 6.45) is 5.26. The fourth-order valence-electron chi connectivity index (χ4n) is 2.87. The average molecular weight is 362 g/mol. The largest absolute Gasteiger partial charge is 0.411 e. The average Bonchev–Trinajstić information content (AvgIpc) is 3.13. The molecule has 0 aliphatic heterocycles. The summed E-state index contributed by atoms with van der Waals surface area (Å²) >= 11 is 0. The molecule has 4 rings (SSSR count). The molecule has 0 unspecified atom stereocenters. The van der Waals surface area contributed by atoms with Crippen LogP contribution in [-0.4, -0.2) is 14.4 Å². The number of para-hydroxylation sites is 1. The van der Waals surface area contributed by atoms with E-state index in [1.54, 1.807) is 24.5 Å². The second-order valence-corrected chi connectivity index (χ2v) is 5.81. The van der Waals surface area contributed by atoms with Gasteiger partial charge in [-0.1, -0.05) is 18.2 Å². The Morgan fingerprint density at radius 2 is 1.89 bits per heavy atom. The molecule has 0 saturated carbocycles. The molecule has 2 aromatic carbocycles. The molecule has 0 aliphatic carbocycles. The maximum atomic E-state index is 5.59. The number of rotatable bonds is 5. The first-order valence-electron chi connectivity index (χ1n) is 8.12. The minimum Gasteiger partial charge on any atom is -0.411 e. The normalized spacial score (nSPS) is 10.8. The second-order valence-electron chi connectivity index (χ2n) is 5.81. The van der Waals surface area contributed by atoms with Gasteiger partial charge in [0.25, 0.3) is 0 Å². The molecule has 27 heavy (non-hydrogen) atoms. The van der Waals surface area contributed by atoms with Gasteiger partial charge < -0.3 is 10.2 Å². The van der Waals surface area contributed by atoms with Crippen LogP contribution in [0.5, 0.6) is 5.75 Å². The van der Waals surface area contributed by atoms with E-state index < -0.39 is 0 Å². The Balaban J connectivity index is 1.76. The minimum atomic E-state index is 0.560. The number of hydrogen-bond acceptors (Lipinski definition) is 8. The predicted molar refractivity (Wildman–Crippen MR) is 104 cm³/mol. The SMILES string of the molecule is NOc1ccccc1-c1cnc2c(Nc3cccc(N(N)N)c3)nccn12. The maximum Gasteiger partial charge on any atom is 0.180 e. The summed E-state index contributed by atoms with van der Waals surface area (Å²) in [5.74, 6) is 17.7. The van der Waals surface area contributed by atoms with Gasteiger partial charge >= 0.3 is 0 Å². The Bertz CT molecular complexity index is 1090. The number of hydrazine groups is 2. The number of aromatic nitrogens is 3. The number of nitrogens with two attached hydrogens (primary N) is 3. The van der Waals surface area contributed by atoms with Crippen molar-refractivity contribution in [3.8, 4) is 17.0 Å². The van der Waals surface area contributed by atoms with Crippen LogP contribution in [0.3, 0.4) is 0 Å². The summed E-state index contributed by atoms with van der Waals surface area (Å²) in [5.41, 5.74) is 3.75. The van der Waals surface area contributed by atoms with Crippen LogP contribution in [0.4, 0.5) is 17.2 Å². The molecule has 4 aromatic rings. The summed E-state index contributed by atoms with van der Waals surface area (Å²) in [6.45, 7) is 0. The monoisotopic (exact) mass is 362 g/mol. The lowest BCUT2D eigenvalue weighted by atomic mass is 10.1. The van der Waals surface area contributed by atoms with Crippen molar-refractivity contribution in [1.29, 1.82) is 0 Å². The van der Waals surface area contributed by atoms with Gasteiger partial charge in [-0.2, -0.15) is 5.90 Å². The van der Waals surface area contributed by atoms with Gasteiger partial charge in [-0.3, -0.25) is 4.40 Å². The molecule has 9 nitrogen and oxygen atoms in total. The van der Waals surface area contributed by atoms with E-state index in [9.17, 15) is 0 Å². The Morgan fingerprint density at radius 3 is 2.70 bits per heavy atom. The molecule has 2 aromatic heterocycles. The van der Waals surface area contributed by atoms with E-state index in [0.717, 1.165) is 22.1 Å². The van der Waals surface area contributed by atoms with E-state index in [2.05, 4.69) is 15.3 Å². The van der Waals surface area contributed by atoms with Crippen molar-refractivity contribution in [2.45, 2.75) is 0 Å². The zero-order chi connectivity index (χ0) is 18.8. The topological polar surface area (TPSA) is 133 Å². The van der Waals surface area contributed by atoms with Crippen LogP contribution in [-0.2, 0) is 0 Å². The Morgan fingerprint density at radius 1 is 1.04 bits per heavy atom. The summed E-state index contributed by atoms with van der Waals surface area (Å²) in [6, 6.07) is 14.8. The molecule has 0 bridgehead atoms. The van der Waals surface area contributed by atoms with Crippen LogP contribution in [0.25, 0.3) is 16.9 Å². The van der Waals surface area contributed by atoms with E-state index in [-0.39, 0.29) is 0 Å². The number of imidazole rings is 1. The number of nitrogens with one attached hydrogen (secondary N) is 1. The van der Waals surface area contributed by atoms with E-state index in [4.69, 9.17) is 22.4 Å². The van der Waals surface area contributed by atoms with Crippen molar-refractivity contribution in [3.05, 3.63) is 67.1 Å². The molecule has 0 spiro atoms. The van der Waals surface area contributed by atoms with Crippen LogP contribution < -0.4 is 32.9 Å². The van der Waals surface area contributed by atoms with Crippen molar-refractivity contribution in [3.63, 3.8) is 0 Å². The first kappa shape index (κ1) is 16.8. The lowest BCUT2D eigenvalue weighted by Crippen LogP contribution is -2.37. The van der Waals surface area contributed by atoms with Crippen LogP contribution >= 0.6 is 0 Å². The molecule has 0 saturated heterocycles. The number of anilines is 3. The molecule has 0 fully saturated rings. The van der Waals surface area contributed by atoms with Crippen LogP contribution in [0.15, 0.2) is 67.1 Å². The molecule has 0 amide bonds. The number of hydrogen-bond donors (Lipinski definition) is 4. The van der Waals surface area contributed by atoms with E-state index in [1.807, 2.05) is 47.0 Å². The van der Waals surface area contributed by atoms with Gasteiger partial charge in [-0.05, 0) is 30.3 Å². The van der Waals surface area contributed by atoms with Crippen LogP contribution in [0.2, 0.25) is 0 Å². The lowest BCUT2D eigenvalue weighted by Gasteiger charge is -2.13. The third-order valence-electron chi connectivity index (χ3n) is 4.13. The second kappa shape index (κ2) is 6.92. The van der Waals surface area contributed by atoms with Crippen molar-refractivity contribution in [2.75, 3.05) is 10.4 Å². The van der Waals surface area contributed by atoms with Gasteiger partial charge in [0, 0.05) is 23.6 Å². The molecule has 7 N–H and O–H groups in total. The first-order chi connectivity index (χ1) is 13.2. The molecule has 0 radical (unpaired) electrons. The Hall–Kier alpha value is -3.66. The van der Waals surface area contributed by atoms with Gasteiger partial charge in [0.15, 0.2) is 17.2 Å². The zero-order valence-corrected chi connectivity index (χ0v) is 14.3. The van der Waals surface area contributed by atoms with Gasteiger partial charge in [0.2, 0.25) is 0 Å². The standard InChI is InChI=1S/C18H18N8O/c19-26(20)13-5-3-4-12(10-13)24-17-18-23-11-15(25(18)9-8-22-17)14-6-1-2-7-16(14)27-21/h1-11H,19-21H2,(H,22,24). The van der Waals surface area contributed by atoms with E-state index >= 15 is 0 Å². The van der Waals surface area contributed by atoms with Gasteiger partial charge in [-0.25, -0.2) is 26.8 Å². The number of nitrogens with zero attached hydrogens (tertiary/aromatic N) is 4. The molecular weight excluding hydrogens is 344 g/mol. The predicted octanol–water partition coefficient (Wildman–Crippen LogP) is 1.95. The molecular formula is C18H18N8O. The van der Waals surface area contributed by atoms with E-state index in [0.29, 0.717) is 22.9 Å². The molecule has 0 aliphatic rings. The number of fused-ring (bicyclic) bond motifs is 1. The van der Waals surface area contributed by atoms with Crippen LogP contribution in [0.1, 0.15) is 0 Å². The van der Waals surface area contributed by atoms with Crippen molar-refractivity contribution < 1.29 is 4.84 Å². The Labute approximate surface area is 154 Å². The summed E-state index contributed by atoms with van der Waals surface area (Å²) in [4.78, 5) is 13.9. The number of benzene rings is 2. The minimum absolute atomic E-state index is 0.560. The smallest absolute Gasteiger partial charge is 0.180 e. The summed E-state index contributed by atoms with van der Waals surface area (Å²) in [7, 11) is 0. The summed E-state index contributed by atoms with van der Waals surface area (Å²) in [5, 5.41) is 4.30. The summed E-state index contributed by atoms with van der Waals surface area (Å²) < 4.78 is 1.91. The highest BCUT2D eigenvalue weighted by Gasteiger charge is 2.14. The van der Waals surface area contributed by atoms with Gasteiger partial charge in [-0.15, -0.1) is 0 Å². The first-order valence-corrected chi connectivity index (χ1v) is 8.12. The molecule has 2 heterocycles. The van der Waals surface area contributed by atoms with Crippen molar-refractivity contribution in [2.24, 2.45) is 17.6 Å². The third kappa shape index (κ3) is 3.13. The van der Waals surface area contributed by atoms with Gasteiger partial charge in [0.05, 0.1) is 17.6 Å². The molecule has 9 heteroatoms. The molecule has 0 atom stereocenters. The van der Waals surface area contributed by atoms with Gasteiger partial charge in [0.1, 0.15) is 0 Å². The third-order valence-corrected chi connectivity index (χ3v) is 4.13. The fraction of sp³-hybridized carbons (Fsp3) is 0. The molecule has 136 valence electrons. The quantitative estimate of drug-likeness (QED) is 0.313.